The molecule has 0 N–H and O–H groups in total. The van der Waals surface area contributed by atoms with Crippen LogP contribution in [0.5, 0.6) is 0 Å². The normalized spacial score (nSPS) is 11.6. The van der Waals surface area contributed by atoms with Gasteiger partial charge in [0.2, 0.25) is 0 Å². The number of para-hydroxylation sites is 2. The second-order valence-corrected chi connectivity index (χ2v) is 12.6. The van der Waals surface area contributed by atoms with Crippen LogP contribution < -0.4 is 0 Å². The molecule has 0 aliphatic rings. The number of rotatable bonds is 5. The van der Waals surface area contributed by atoms with E-state index < -0.39 is 0 Å². The Kier molecular flexibility index (Phi) is 6.46. The van der Waals surface area contributed by atoms with Gasteiger partial charge in [-0.15, -0.1) is 0 Å². The summed E-state index contributed by atoms with van der Waals surface area (Å²) in [5.74, 6) is 1.48. The maximum atomic E-state index is 6.24. The molecule has 3 aromatic heterocycles. The topological polar surface area (TPSA) is 52.1 Å². The van der Waals surface area contributed by atoms with Crippen molar-refractivity contribution in [3.8, 4) is 56.4 Å². The first kappa shape index (κ1) is 28.3. The number of nitrogens with zero attached hydrogens (tertiary/aromatic N) is 2. The summed E-state index contributed by atoms with van der Waals surface area (Å²) in [5.41, 5.74) is 10.5. The summed E-state index contributed by atoms with van der Waals surface area (Å²) in [5, 5.41) is 5.73. The predicted molar refractivity (Wildman–Crippen MR) is 204 cm³/mol. The minimum Gasteiger partial charge on any atom is -0.456 e. The number of aromatic nitrogens is 2. The average molecular weight is 641 g/mol. The van der Waals surface area contributed by atoms with E-state index in [0.29, 0.717) is 5.82 Å². The molecule has 0 unspecified atom stereocenters. The molecule has 50 heavy (non-hydrogen) atoms. The van der Waals surface area contributed by atoms with Crippen LogP contribution in [0.15, 0.2) is 179 Å². The lowest BCUT2D eigenvalue weighted by Crippen LogP contribution is -1.96. The summed E-state index contributed by atoms with van der Waals surface area (Å²) in [6.45, 7) is 0. The number of hydrogen-bond acceptors (Lipinski definition) is 4. The fourth-order valence-corrected chi connectivity index (χ4v) is 6.96. The van der Waals surface area contributed by atoms with Gasteiger partial charge in [-0.25, -0.2) is 9.97 Å². The zero-order chi connectivity index (χ0) is 33.0. The average Bonchev–Trinajstić information content (AvgIpc) is 3.79. The van der Waals surface area contributed by atoms with Crippen LogP contribution in [0, 0.1) is 0 Å². The summed E-state index contributed by atoms with van der Waals surface area (Å²) in [6.07, 6.45) is 0. The highest BCUT2D eigenvalue weighted by Gasteiger charge is 2.15. The van der Waals surface area contributed by atoms with E-state index in [0.717, 1.165) is 77.9 Å². The van der Waals surface area contributed by atoms with Gasteiger partial charge in [-0.05, 0) is 58.3 Å². The second kappa shape index (κ2) is 11.4. The SMILES string of the molecule is c1ccc2oc(-c3ccc(-c4cc(-c5ccc(-c6cccc7ccccc67)cc5)nc(-c5ccc6c(c5)oc5ccccc56)n4)cc3)cc2c1. The minimum atomic E-state index is 0.638. The van der Waals surface area contributed by atoms with E-state index in [-0.39, 0.29) is 0 Å². The Balaban J connectivity index is 1.08. The minimum absolute atomic E-state index is 0.638. The quantitative estimate of drug-likeness (QED) is 0.188. The third-order valence-electron chi connectivity index (χ3n) is 9.54. The van der Waals surface area contributed by atoms with E-state index in [1.165, 1.54) is 16.3 Å². The van der Waals surface area contributed by atoms with E-state index in [1.54, 1.807) is 0 Å². The maximum Gasteiger partial charge on any atom is 0.160 e. The molecule has 0 saturated carbocycles. The van der Waals surface area contributed by atoms with Crippen LogP contribution in [-0.2, 0) is 0 Å². The molecule has 0 saturated heterocycles. The standard InChI is InChI=1S/C46H28N2O2/c1-3-11-36-29(8-1)10-7-13-37(36)30-16-18-31(19-17-30)40-28-41(32-20-22-33(23-21-32)44-26-34-9-2-5-14-42(34)49-44)48-46(47-40)35-24-25-39-38-12-4-6-15-43(38)50-45(39)27-35/h1-28H. The van der Waals surface area contributed by atoms with Crippen molar-refractivity contribution in [2.45, 2.75) is 0 Å². The van der Waals surface area contributed by atoms with Crippen molar-refractivity contribution in [3.05, 3.63) is 170 Å². The molecule has 0 bridgehead atoms. The first-order valence-corrected chi connectivity index (χ1v) is 16.7. The highest BCUT2D eigenvalue weighted by atomic mass is 16.3. The third kappa shape index (κ3) is 4.85. The Labute approximate surface area is 287 Å². The lowest BCUT2D eigenvalue weighted by atomic mass is 9.97. The van der Waals surface area contributed by atoms with Crippen LogP contribution in [-0.4, -0.2) is 9.97 Å². The van der Waals surface area contributed by atoms with Crippen LogP contribution in [0.25, 0.3) is 100 Å². The number of fused-ring (bicyclic) bond motifs is 5. The molecule has 0 amide bonds. The summed E-state index contributed by atoms with van der Waals surface area (Å²) < 4.78 is 12.4. The first-order valence-electron chi connectivity index (χ1n) is 16.7. The maximum absolute atomic E-state index is 6.24. The van der Waals surface area contributed by atoms with E-state index in [1.807, 2.05) is 42.5 Å². The zero-order valence-electron chi connectivity index (χ0n) is 26.9. The van der Waals surface area contributed by atoms with Crippen molar-refractivity contribution in [2.75, 3.05) is 0 Å². The number of furan rings is 2. The molecule has 0 atom stereocenters. The lowest BCUT2D eigenvalue weighted by Gasteiger charge is -2.11. The highest BCUT2D eigenvalue weighted by Crippen LogP contribution is 2.35. The van der Waals surface area contributed by atoms with Crippen LogP contribution in [0.3, 0.4) is 0 Å². The van der Waals surface area contributed by atoms with Crippen molar-refractivity contribution in [3.63, 3.8) is 0 Å². The van der Waals surface area contributed by atoms with Gasteiger partial charge in [-0.3, -0.25) is 0 Å². The van der Waals surface area contributed by atoms with Crippen LogP contribution in [0.4, 0.5) is 0 Å². The van der Waals surface area contributed by atoms with Crippen LogP contribution in [0.2, 0.25) is 0 Å². The molecule has 0 fully saturated rings. The fraction of sp³-hybridized carbons (Fsp3) is 0. The van der Waals surface area contributed by atoms with Crippen molar-refractivity contribution < 1.29 is 8.83 Å². The molecule has 0 radical (unpaired) electrons. The molecule has 7 aromatic carbocycles. The molecule has 3 heterocycles. The van der Waals surface area contributed by atoms with E-state index in [2.05, 4.69) is 127 Å². The van der Waals surface area contributed by atoms with E-state index in [4.69, 9.17) is 18.8 Å². The summed E-state index contributed by atoms with van der Waals surface area (Å²) in [7, 11) is 0. The van der Waals surface area contributed by atoms with Crippen molar-refractivity contribution in [1.82, 2.24) is 9.97 Å². The third-order valence-corrected chi connectivity index (χ3v) is 9.54. The van der Waals surface area contributed by atoms with Crippen molar-refractivity contribution in [1.29, 1.82) is 0 Å². The summed E-state index contributed by atoms with van der Waals surface area (Å²) >= 11 is 0. The fourth-order valence-electron chi connectivity index (χ4n) is 6.96. The van der Waals surface area contributed by atoms with Gasteiger partial charge in [0.05, 0.1) is 11.4 Å². The predicted octanol–water partition coefficient (Wildman–Crippen LogP) is 12.6. The Morgan fingerprint density at radius 2 is 0.920 bits per heavy atom. The Hall–Kier alpha value is -6.78. The van der Waals surface area contributed by atoms with Crippen molar-refractivity contribution >= 4 is 43.7 Å². The molecule has 0 aliphatic heterocycles. The second-order valence-electron chi connectivity index (χ2n) is 12.6. The van der Waals surface area contributed by atoms with E-state index >= 15 is 0 Å². The molecular weight excluding hydrogens is 613 g/mol. The van der Waals surface area contributed by atoms with Gasteiger partial charge in [0.15, 0.2) is 5.82 Å². The molecule has 234 valence electrons. The van der Waals surface area contributed by atoms with Gasteiger partial charge in [-0.2, -0.15) is 0 Å². The molecule has 0 spiro atoms. The first-order chi connectivity index (χ1) is 24.7. The zero-order valence-corrected chi connectivity index (χ0v) is 26.9. The monoisotopic (exact) mass is 640 g/mol. The Morgan fingerprint density at radius 3 is 1.68 bits per heavy atom. The number of benzene rings is 7. The summed E-state index contributed by atoms with van der Waals surface area (Å²) in [4.78, 5) is 10.3. The Morgan fingerprint density at radius 1 is 0.340 bits per heavy atom. The van der Waals surface area contributed by atoms with Crippen molar-refractivity contribution in [2.24, 2.45) is 0 Å². The molecule has 10 aromatic rings. The highest BCUT2D eigenvalue weighted by molar-refractivity contribution is 6.05. The van der Waals surface area contributed by atoms with E-state index in [9.17, 15) is 0 Å². The van der Waals surface area contributed by atoms with Gasteiger partial charge in [0, 0.05) is 38.4 Å². The molecule has 0 aliphatic carbocycles. The largest absolute Gasteiger partial charge is 0.456 e. The lowest BCUT2D eigenvalue weighted by molar-refractivity contribution is 0.631. The van der Waals surface area contributed by atoms with Gasteiger partial charge in [-0.1, -0.05) is 133 Å². The van der Waals surface area contributed by atoms with Crippen LogP contribution >= 0.6 is 0 Å². The van der Waals surface area contributed by atoms with Gasteiger partial charge >= 0.3 is 0 Å². The summed E-state index contributed by atoms with van der Waals surface area (Å²) in [6, 6.07) is 58.6. The molecule has 4 heteroatoms. The number of hydrogen-bond donors (Lipinski definition) is 0. The van der Waals surface area contributed by atoms with Gasteiger partial charge < -0.3 is 8.83 Å². The van der Waals surface area contributed by atoms with Gasteiger partial charge in [0.1, 0.15) is 22.5 Å². The molecule has 4 nitrogen and oxygen atoms in total. The Bertz CT molecular complexity index is 2820. The molecule has 10 rings (SSSR count). The molecular formula is C46H28N2O2. The smallest absolute Gasteiger partial charge is 0.160 e. The van der Waals surface area contributed by atoms with Gasteiger partial charge in [0.25, 0.3) is 0 Å². The van der Waals surface area contributed by atoms with Crippen LogP contribution in [0.1, 0.15) is 0 Å².